The molecule has 5 atom stereocenters. The number of aliphatic hydroxyl groups excluding tert-OH is 2. The Kier molecular flexibility index (Phi) is 78.5. The van der Waals surface area contributed by atoms with E-state index in [9.17, 15) is 43.5 Å². The number of phosphoric acid groups is 2. The highest BCUT2D eigenvalue weighted by molar-refractivity contribution is 7.47. The molecule has 0 fully saturated rings. The molecular weight excluding hydrogens is 1410 g/mol. The number of carbonyl (C=O) groups excluding carboxylic acids is 3. The second-order valence-electron chi connectivity index (χ2n) is 27.9. The fraction of sp³-hybridized carbons (Fsp3) is 0.659. The van der Waals surface area contributed by atoms with Crippen molar-refractivity contribution in [1.82, 2.24) is 0 Å². The van der Waals surface area contributed by atoms with E-state index in [-0.39, 0.29) is 19.3 Å². The van der Waals surface area contributed by atoms with Gasteiger partial charge in [-0.15, -0.1) is 0 Å². The van der Waals surface area contributed by atoms with E-state index in [4.69, 9.17) is 32.3 Å². The first-order valence-corrected chi connectivity index (χ1v) is 45.4. The molecule has 0 aliphatic heterocycles. The first kappa shape index (κ1) is 104. The monoisotopic (exact) mass is 1560 g/mol. The number of allylic oxidation sites excluding steroid dienone is 28. The van der Waals surface area contributed by atoms with Crippen molar-refractivity contribution in [2.75, 3.05) is 39.6 Å². The van der Waals surface area contributed by atoms with E-state index in [2.05, 4.69) is 191 Å². The Morgan fingerprint density at radius 1 is 0.266 bits per heavy atom. The van der Waals surface area contributed by atoms with Crippen molar-refractivity contribution in [3.05, 3.63) is 170 Å². The van der Waals surface area contributed by atoms with Crippen LogP contribution in [0.5, 0.6) is 0 Å². The zero-order valence-electron chi connectivity index (χ0n) is 68.2. The molecule has 0 saturated heterocycles. The smallest absolute Gasteiger partial charge is 0.463 e. The quantitative estimate of drug-likeness (QED) is 0.0146. The molecule has 0 rings (SSSR count). The zero-order valence-corrected chi connectivity index (χ0v) is 70.0. The highest BCUT2D eigenvalue weighted by Gasteiger charge is 2.29. The zero-order chi connectivity index (χ0) is 79.4. The van der Waals surface area contributed by atoms with Crippen LogP contribution in [0.2, 0.25) is 0 Å². The molecule has 0 aromatic carbocycles. The largest absolute Gasteiger partial charge is 0.472 e. The molecule has 0 amide bonds. The van der Waals surface area contributed by atoms with Crippen molar-refractivity contribution >= 4 is 33.6 Å². The molecule has 0 spiro atoms. The molecular formula is C91H152O16P2. The van der Waals surface area contributed by atoms with Gasteiger partial charge in [-0.2, -0.15) is 0 Å². The second-order valence-corrected chi connectivity index (χ2v) is 30.8. The molecule has 4 N–H and O–H groups in total. The molecule has 0 aliphatic rings. The predicted molar refractivity (Wildman–Crippen MR) is 454 cm³/mol. The summed E-state index contributed by atoms with van der Waals surface area (Å²) in [5, 5.41) is 20.7. The predicted octanol–water partition coefficient (Wildman–Crippen LogP) is 25.5. The van der Waals surface area contributed by atoms with Gasteiger partial charge in [0.1, 0.15) is 25.4 Å². The van der Waals surface area contributed by atoms with E-state index in [1.54, 1.807) is 0 Å². The molecule has 0 aliphatic carbocycles. The van der Waals surface area contributed by atoms with Crippen LogP contribution in [0.4, 0.5) is 0 Å². The van der Waals surface area contributed by atoms with Gasteiger partial charge in [-0.05, 0) is 154 Å². The maximum absolute atomic E-state index is 13.0. The number of phosphoric ester groups is 2. The summed E-state index contributed by atoms with van der Waals surface area (Å²) >= 11 is 0. The van der Waals surface area contributed by atoms with Crippen molar-refractivity contribution in [2.45, 2.75) is 347 Å². The Labute approximate surface area is 662 Å². The number of hydrogen-bond donors (Lipinski definition) is 4. The molecule has 0 bridgehead atoms. The Bertz CT molecular complexity index is 2660. The van der Waals surface area contributed by atoms with Crippen molar-refractivity contribution in [2.24, 2.45) is 0 Å². The first-order chi connectivity index (χ1) is 53.2. The van der Waals surface area contributed by atoms with Crippen molar-refractivity contribution in [3.8, 4) is 0 Å². The van der Waals surface area contributed by atoms with Crippen LogP contribution in [0.1, 0.15) is 329 Å². The summed E-state index contributed by atoms with van der Waals surface area (Å²) in [7, 11) is -9.82. The number of carbonyl (C=O) groups is 3. The van der Waals surface area contributed by atoms with Crippen molar-refractivity contribution < 1.29 is 75.8 Å². The van der Waals surface area contributed by atoms with Crippen LogP contribution in [0.15, 0.2) is 170 Å². The van der Waals surface area contributed by atoms with Crippen LogP contribution in [-0.2, 0) is 55.8 Å². The average molecular weight is 1560 g/mol. The number of ether oxygens (including phenoxy) is 3. The summed E-state index contributed by atoms with van der Waals surface area (Å²) in [6, 6.07) is 0. The molecule has 622 valence electrons. The van der Waals surface area contributed by atoms with Gasteiger partial charge in [0.2, 0.25) is 0 Å². The van der Waals surface area contributed by atoms with Gasteiger partial charge in [-0.1, -0.05) is 326 Å². The van der Waals surface area contributed by atoms with Crippen molar-refractivity contribution in [1.29, 1.82) is 0 Å². The third-order valence-electron chi connectivity index (χ3n) is 17.4. The molecule has 0 heterocycles. The third kappa shape index (κ3) is 83.7. The van der Waals surface area contributed by atoms with Gasteiger partial charge in [0.25, 0.3) is 0 Å². The lowest BCUT2D eigenvalue weighted by Gasteiger charge is -2.21. The minimum absolute atomic E-state index is 0.0750. The topological polar surface area (TPSA) is 231 Å². The normalized spacial score (nSPS) is 14.7. The van der Waals surface area contributed by atoms with E-state index in [0.29, 0.717) is 19.3 Å². The first-order valence-electron chi connectivity index (χ1n) is 42.4. The SMILES string of the molecule is CC/C=C\C/C=C\C/C=C\C/C=C\C/C=C\C/C=C\CCCCC(=O)OCC(COP(=O)(O)OCC(O)COP(=O)(O)OCC(O)COC(=O)CCCCCCCCCCCCCCCCCCC/C=C\C/C=C\C/C=C\C/C=C\C/C=C\CC)OC(=O)CCCCCCCC/C=C\C/C=C\C/C=C\CCCCC. The fourth-order valence-electron chi connectivity index (χ4n) is 11.0. The Morgan fingerprint density at radius 3 is 0.789 bits per heavy atom. The van der Waals surface area contributed by atoms with Gasteiger partial charge in [0.15, 0.2) is 6.10 Å². The summed E-state index contributed by atoms with van der Waals surface area (Å²) in [4.78, 5) is 58.8. The van der Waals surface area contributed by atoms with Gasteiger partial charge >= 0.3 is 33.6 Å². The van der Waals surface area contributed by atoms with Gasteiger partial charge in [0, 0.05) is 19.3 Å². The minimum Gasteiger partial charge on any atom is -0.463 e. The maximum atomic E-state index is 13.0. The van der Waals surface area contributed by atoms with E-state index in [1.807, 2.05) is 0 Å². The highest BCUT2D eigenvalue weighted by atomic mass is 31.2. The number of esters is 3. The molecule has 0 aromatic heterocycles. The third-order valence-corrected chi connectivity index (χ3v) is 19.3. The van der Waals surface area contributed by atoms with Gasteiger partial charge in [-0.3, -0.25) is 32.5 Å². The molecule has 18 heteroatoms. The van der Waals surface area contributed by atoms with Gasteiger partial charge in [0.05, 0.1) is 26.4 Å². The van der Waals surface area contributed by atoms with Crippen LogP contribution >= 0.6 is 15.6 Å². The molecule has 0 saturated carbocycles. The summed E-state index contributed by atoms with van der Waals surface area (Å²) < 4.78 is 61.2. The number of aliphatic hydroxyl groups is 2. The van der Waals surface area contributed by atoms with Crippen LogP contribution in [0.25, 0.3) is 0 Å². The number of unbranched alkanes of at least 4 members (excludes halogenated alkanes) is 28. The van der Waals surface area contributed by atoms with Crippen LogP contribution in [0, 0.1) is 0 Å². The average Bonchev–Trinajstić information content (AvgIpc) is 0.906. The van der Waals surface area contributed by atoms with E-state index >= 15 is 0 Å². The molecule has 16 nitrogen and oxygen atoms in total. The Hall–Kier alpha value is -5.09. The van der Waals surface area contributed by atoms with E-state index in [0.717, 1.165) is 161 Å². The molecule has 5 unspecified atom stereocenters. The highest BCUT2D eigenvalue weighted by Crippen LogP contribution is 2.45. The fourth-order valence-corrected chi connectivity index (χ4v) is 12.6. The second kappa shape index (κ2) is 82.4. The summed E-state index contributed by atoms with van der Waals surface area (Å²) in [5.74, 6) is -1.64. The van der Waals surface area contributed by atoms with Crippen molar-refractivity contribution in [3.63, 3.8) is 0 Å². The van der Waals surface area contributed by atoms with E-state index in [1.165, 1.54) is 109 Å². The standard InChI is InChI=1S/C91H152O16P2/c1-4-7-10-13-16-19-22-25-28-31-34-36-37-38-39-40-41-42-43-44-45-46-47-49-52-53-56-59-62-65-68-71-74-77-89(94)101-80-86(92)81-103-108(97,98)104-82-87(93)83-105-109(99,100)106-85-88(107-91(96)79-76-73-70-67-64-61-58-55-50-33-30-27-24-21-18-15-12-9-6-3)84-102-90(95)78-75-72-69-66-63-60-57-54-51-48-35-32-29-26-23-20-17-14-11-8-5-2/h7-8,10-11,16-21,25-30,34-36,38-39,48,50,54-55,57,63,66,86-88,92-93H,4-6,9,12-15,22-24,31-33,37,40-47,49,51-53,56,58-62,64-65,67-85H2,1-3H3,(H,97,98)(H,99,100)/b10-7-,11-8-,19-16-,20-17-,21-18-,28-25-,29-26-,30-27-,36-34-,39-38-,48-35-,55-50-,57-54-,66-63-. The molecule has 0 aromatic rings. The summed E-state index contributed by atoms with van der Waals surface area (Å²) in [5.41, 5.74) is 0. The van der Waals surface area contributed by atoms with Crippen LogP contribution in [0.3, 0.4) is 0 Å². The summed E-state index contributed by atoms with van der Waals surface area (Å²) in [6.07, 6.45) is 106. The van der Waals surface area contributed by atoms with Gasteiger partial charge < -0.3 is 34.2 Å². The van der Waals surface area contributed by atoms with Gasteiger partial charge in [-0.25, -0.2) is 9.13 Å². The lowest BCUT2D eigenvalue weighted by molar-refractivity contribution is -0.161. The lowest BCUT2D eigenvalue weighted by Crippen LogP contribution is -2.30. The maximum Gasteiger partial charge on any atom is 0.472 e. The number of rotatable bonds is 79. The van der Waals surface area contributed by atoms with Crippen LogP contribution < -0.4 is 0 Å². The summed E-state index contributed by atoms with van der Waals surface area (Å²) in [6.45, 7) is 2.37. The van der Waals surface area contributed by atoms with E-state index < -0.39 is 91.5 Å². The Morgan fingerprint density at radius 2 is 0.486 bits per heavy atom. The Balaban J connectivity index is 4.56. The molecule has 0 radical (unpaired) electrons. The lowest BCUT2D eigenvalue weighted by atomic mass is 10.0. The minimum atomic E-state index is -4.95. The number of hydrogen-bond acceptors (Lipinski definition) is 14. The van der Waals surface area contributed by atoms with Crippen LogP contribution in [-0.4, -0.2) is 95.9 Å². The molecule has 109 heavy (non-hydrogen) atoms.